The fourth-order valence-corrected chi connectivity index (χ4v) is 8.40. The third-order valence-corrected chi connectivity index (χ3v) is 10.6. The van der Waals surface area contributed by atoms with E-state index in [1.165, 1.54) is 12.1 Å². The second kappa shape index (κ2) is 12.4. The van der Waals surface area contributed by atoms with Gasteiger partial charge in [-0.25, -0.2) is 18.2 Å². The molecule has 15 heteroatoms. The van der Waals surface area contributed by atoms with Crippen molar-refractivity contribution in [2.75, 3.05) is 37.7 Å². The van der Waals surface area contributed by atoms with Crippen LogP contribution in [0.15, 0.2) is 30.3 Å². The molecular formula is C36H32F6N6O3. The summed E-state index contributed by atoms with van der Waals surface area (Å²) in [6, 6.07) is 5.89. The van der Waals surface area contributed by atoms with Crippen LogP contribution in [0.1, 0.15) is 44.1 Å². The Balaban J connectivity index is 1.29. The minimum absolute atomic E-state index is 0.0219. The minimum Gasteiger partial charge on any atom is -0.475 e. The van der Waals surface area contributed by atoms with Gasteiger partial charge in [-0.15, -0.1) is 6.42 Å². The number of pyridine rings is 1. The van der Waals surface area contributed by atoms with Crippen LogP contribution in [-0.2, 0) is 4.79 Å². The number of rotatable bonds is 6. The van der Waals surface area contributed by atoms with E-state index in [9.17, 15) is 26.7 Å². The van der Waals surface area contributed by atoms with Crippen LogP contribution in [0.4, 0.5) is 32.2 Å². The van der Waals surface area contributed by atoms with Gasteiger partial charge in [0, 0.05) is 30.0 Å². The van der Waals surface area contributed by atoms with Crippen molar-refractivity contribution < 1.29 is 40.6 Å². The Hall–Kier alpha value is -4.84. The van der Waals surface area contributed by atoms with Crippen molar-refractivity contribution in [1.82, 2.24) is 25.2 Å². The molecule has 1 N–H and O–H groups in total. The van der Waals surface area contributed by atoms with Crippen LogP contribution < -0.4 is 19.7 Å². The summed E-state index contributed by atoms with van der Waals surface area (Å²) in [5.74, 6) is -1.21. The molecule has 3 fully saturated rings. The first-order chi connectivity index (χ1) is 24.5. The number of carbonyl (C=O) groups excluding carboxylic acids is 1. The van der Waals surface area contributed by atoms with Gasteiger partial charge in [0.2, 0.25) is 5.88 Å². The van der Waals surface area contributed by atoms with Crippen LogP contribution in [-0.4, -0.2) is 88.6 Å². The molecule has 2 aromatic carbocycles. The van der Waals surface area contributed by atoms with E-state index in [1.54, 1.807) is 23.1 Å². The highest BCUT2D eigenvalue weighted by atomic mass is 19.4. The van der Waals surface area contributed by atoms with Crippen LogP contribution in [0.5, 0.6) is 11.9 Å². The zero-order valence-electron chi connectivity index (χ0n) is 27.2. The van der Waals surface area contributed by atoms with E-state index in [0.717, 1.165) is 6.42 Å². The molecule has 4 aliphatic rings. The first-order valence-electron chi connectivity index (χ1n) is 16.9. The summed E-state index contributed by atoms with van der Waals surface area (Å²) in [7, 11) is 0. The molecule has 266 valence electrons. The number of fused-ring (bicyclic) bond motifs is 2. The molecule has 51 heavy (non-hydrogen) atoms. The summed E-state index contributed by atoms with van der Waals surface area (Å²) in [5.41, 5.74) is -0.942. The molecule has 8 rings (SSSR count). The first-order valence-corrected chi connectivity index (χ1v) is 16.9. The van der Waals surface area contributed by atoms with Crippen molar-refractivity contribution in [2.45, 2.75) is 68.5 Å². The number of nitrogens with zero attached hydrogens (tertiary/aromatic N) is 5. The molecule has 9 nitrogen and oxygen atoms in total. The van der Waals surface area contributed by atoms with Crippen molar-refractivity contribution in [2.24, 2.45) is 0 Å². The van der Waals surface area contributed by atoms with Gasteiger partial charge in [0.05, 0.1) is 23.7 Å². The van der Waals surface area contributed by atoms with Crippen LogP contribution in [0.3, 0.4) is 0 Å². The Bertz CT molecular complexity index is 2110. The fourth-order valence-electron chi connectivity index (χ4n) is 8.40. The smallest absolute Gasteiger partial charge is 0.471 e. The number of aromatic nitrogens is 3. The number of halogens is 6. The van der Waals surface area contributed by atoms with Gasteiger partial charge in [-0.1, -0.05) is 30.2 Å². The third kappa shape index (κ3) is 5.64. The summed E-state index contributed by atoms with van der Waals surface area (Å²) >= 11 is 0. The van der Waals surface area contributed by atoms with E-state index in [-0.39, 0.29) is 90.0 Å². The lowest BCUT2D eigenvalue weighted by Crippen LogP contribution is -2.52. The third-order valence-electron chi connectivity index (χ3n) is 10.6. The van der Waals surface area contributed by atoms with Crippen molar-refractivity contribution in [3.63, 3.8) is 0 Å². The summed E-state index contributed by atoms with van der Waals surface area (Å²) in [6.45, 7) is 1.10. The topological polar surface area (TPSA) is 92.7 Å². The highest BCUT2D eigenvalue weighted by Crippen LogP contribution is 2.44. The number of carbonyl (C=O) groups is 1. The maximum atomic E-state index is 17.1. The van der Waals surface area contributed by atoms with Gasteiger partial charge >= 0.3 is 18.1 Å². The van der Waals surface area contributed by atoms with E-state index in [2.05, 4.69) is 26.2 Å². The van der Waals surface area contributed by atoms with Gasteiger partial charge in [-0.3, -0.25) is 9.69 Å². The standard InChI is InChI=1S/C36H32F6N6O3/c1-2-21-23(38)11-10-19-6-3-7-22(26(19)21)29-28(39)30-27-31(46-34(45-30)51-18-35-12-5-13-47(35)17-20(37)16-35)48(14-15-50-32(27)44-29)25-9-4-8-24(25)43-33(49)36(40,41)42/h1,3,6-7,10-11,20,24-25H,4-5,8-9,12-18H2,(H,43,49)/t20-,24-,25-,35+/m1/s1. The maximum Gasteiger partial charge on any atom is 0.471 e. The number of alkyl halides is 4. The predicted octanol–water partition coefficient (Wildman–Crippen LogP) is 5.86. The highest BCUT2D eigenvalue weighted by Gasteiger charge is 2.50. The van der Waals surface area contributed by atoms with Gasteiger partial charge in [0.1, 0.15) is 47.6 Å². The summed E-state index contributed by atoms with van der Waals surface area (Å²) in [6.07, 6.45) is 2.60. The van der Waals surface area contributed by atoms with Gasteiger partial charge in [-0.2, -0.15) is 23.1 Å². The Morgan fingerprint density at radius 3 is 2.75 bits per heavy atom. The monoisotopic (exact) mass is 710 g/mol. The molecule has 1 saturated carbocycles. The Morgan fingerprint density at radius 2 is 1.94 bits per heavy atom. The van der Waals surface area contributed by atoms with Gasteiger partial charge < -0.3 is 19.7 Å². The van der Waals surface area contributed by atoms with Crippen LogP contribution in [0.25, 0.3) is 32.9 Å². The number of amides is 1. The summed E-state index contributed by atoms with van der Waals surface area (Å²) in [4.78, 5) is 29.5. The van der Waals surface area contributed by atoms with Crippen LogP contribution >= 0.6 is 0 Å². The van der Waals surface area contributed by atoms with E-state index in [0.29, 0.717) is 31.2 Å². The van der Waals surface area contributed by atoms with E-state index < -0.39 is 47.5 Å². The normalized spacial score (nSPS) is 24.7. The largest absolute Gasteiger partial charge is 0.475 e. The second-order valence-corrected chi connectivity index (χ2v) is 13.6. The molecule has 0 radical (unpaired) electrons. The van der Waals surface area contributed by atoms with E-state index in [4.69, 9.17) is 15.9 Å². The van der Waals surface area contributed by atoms with Crippen molar-refractivity contribution in [3.05, 3.63) is 47.5 Å². The number of ether oxygens (including phenoxy) is 2. The Kier molecular flexibility index (Phi) is 8.12. The number of benzene rings is 2. The van der Waals surface area contributed by atoms with Crippen molar-refractivity contribution in [3.8, 4) is 35.5 Å². The SMILES string of the molecule is C#Cc1c(F)ccc2cccc(-c3nc4c5c(nc(OC[C@@]67CCCN6C[C@H](F)C7)nc5c3F)N([C@@H]3CCC[C@H]3NC(=O)C(F)(F)F)CCO4)c12. The van der Waals surface area contributed by atoms with Crippen LogP contribution in [0, 0.1) is 24.0 Å². The molecule has 1 amide bonds. The zero-order chi connectivity index (χ0) is 35.7. The molecule has 2 saturated heterocycles. The molecule has 4 atom stereocenters. The Morgan fingerprint density at radius 1 is 1.10 bits per heavy atom. The first kappa shape index (κ1) is 33.3. The lowest BCUT2D eigenvalue weighted by atomic mass is 9.95. The lowest BCUT2D eigenvalue weighted by molar-refractivity contribution is -0.174. The molecular weight excluding hydrogens is 678 g/mol. The van der Waals surface area contributed by atoms with Crippen molar-refractivity contribution >= 4 is 33.4 Å². The average molecular weight is 711 g/mol. The van der Waals surface area contributed by atoms with Gasteiger partial charge in [0.15, 0.2) is 5.82 Å². The lowest BCUT2D eigenvalue weighted by Gasteiger charge is -2.34. The number of anilines is 1. The molecule has 0 bridgehead atoms. The second-order valence-electron chi connectivity index (χ2n) is 13.6. The molecule has 3 aliphatic heterocycles. The fraction of sp³-hybridized carbons (Fsp3) is 0.444. The van der Waals surface area contributed by atoms with Gasteiger partial charge in [-0.05, 0) is 50.1 Å². The molecule has 1 aliphatic carbocycles. The number of nitrogens with one attached hydrogen (secondary N) is 1. The molecule has 2 aromatic heterocycles. The average Bonchev–Trinajstić information content (AvgIpc) is 3.76. The minimum atomic E-state index is -5.08. The Labute approximate surface area is 288 Å². The highest BCUT2D eigenvalue weighted by molar-refractivity contribution is 6.03. The number of terminal acetylenes is 1. The number of hydrogen-bond donors (Lipinski definition) is 1. The van der Waals surface area contributed by atoms with E-state index in [1.807, 2.05) is 4.90 Å². The van der Waals surface area contributed by atoms with Crippen molar-refractivity contribution in [1.29, 1.82) is 0 Å². The maximum absolute atomic E-state index is 17.1. The summed E-state index contributed by atoms with van der Waals surface area (Å²) in [5, 5.41) is 2.99. The quantitative estimate of drug-likeness (QED) is 0.197. The number of hydrogen-bond acceptors (Lipinski definition) is 8. The van der Waals surface area contributed by atoms with Gasteiger partial charge in [0.25, 0.3) is 0 Å². The molecule has 4 aromatic rings. The molecule has 5 heterocycles. The molecule has 0 unspecified atom stereocenters. The van der Waals surface area contributed by atoms with Crippen LogP contribution in [0.2, 0.25) is 0 Å². The molecule has 0 spiro atoms. The predicted molar refractivity (Wildman–Crippen MR) is 175 cm³/mol. The zero-order valence-corrected chi connectivity index (χ0v) is 27.2. The van der Waals surface area contributed by atoms with E-state index >= 15 is 4.39 Å². The summed E-state index contributed by atoms with van der Waals surface area (Å²) < 4.78 is 98.7.